The van der Waals surface area contributed by atoms with Crippen LogP contribution in [0.3, 0.4) is 0 Å². The molecule has 0 bridgehead atoms. The van der Waals surface area contributed by atoms with E-state index in [-0.39, 0.29) is 18.7 Å². The minimum Gasteiger partial charge on any atom is -0.482 e. The normalized spacial score (nSPS) is 10.5. The van der Waals surface area contributed by atoms with Crippen LogP contribution in [-0.4, -0.2) is 28.7 Å². The van der Waals surface area contributed by atoms with E-state index in [1.54, 1.807) is 18.2 Å². The SMILES string of the molecule is O=C(O)CCCCNC(=O)c1cc(COc2c(Cl)cccc2Cl)on1. The van der Waals surface area contributed by atoms with Crippen molar-refractivity contribution in [2.45, 2.75) is 25.9 Å². The molecule has 1 aromatic heterocycles. The van der Waals surface area contributed by atoms with Crippen LogP contribution in [0, 0.1) is 0 Å². The molecule has 0 aliphatic rings. The number of benzene rings is 1. The molecule has 0 unspecified atom stereocenters. The number of unbranched alkanes of at least 4 members (excludes halogenated alkanes) is 1. The summed E-state index contributed by atoms with van der Waals surface area (Å²) in [6, 6.07) is 6.45. The second kappa shape index (κ2) is 9.29. The van der Waals surface area contributed by atoms with Crippen molar-refractivity contribution in [1.82, 2.24) is 10.5 Å². The standard InChI is InChI=1S/C16H16Cl2N2O5/c17-11-4-3-5-12(18)15(11)24-9-10-8-13(20-25-10)16(23)19-7-2-1-6-14(21)22/h3-5,8H,1-2,6-7,9H2,(H,19,23)(H,21,22). The van der Waals surface area contributed by atoms with E-state index in [1.807, 2.05) is 0 Å². The molecule has 1 amide bonds. The summed E-state index contributed by atoms with van der Waals surface area (Å²) < 4.78 is 10.5. The molecule has 134 valence electrons. The van der Waals surface area contributed by atoms with Crippen LogP contribution in [0.2, 0.25) is 10.0 Å². The van der Waals surface area contributed by atoms with E-state index in [9.17, 15) is 9.59 Å². The van der Waals surface area contributed by atoms with Gasteiger partial charge in [-0.25, -0.2) is 0 Å². The highest BCUT2D eigenvalue weighted by molar-refractivity contribution is 6.37. The monoisotopic (exact) mass is 386 g/mol. The third-order valence-corrected chi connectivity index (χ3v) is 3.77. The largest absolute Gasteiger partial charge is 0.482 e. The van der Waals surface area contributed by atoms with Crippen LogP contribution in [0.1, 0.15) is 35.5 Å². The Bertz CT molecular complexity index is 728. The molecule has 0 atom stereocenters. The first-order valence-electron chi connectivity index (χ1n) is 7.49. The summed E-state index contributed by atoms with van der Waals surface area (Å²) in [6.07, 6.45) is 1.13. The van der Waals surface area contributed by atoms with E-state index in [2.05, 4.69) is 10.5 Å². The fourth-order valence-corrected chi connectivity index (χ4v) is 2.45. The lowest BCUT2D eigenvalue weighted by molar-refractivity contribution is -0.137. The molecule has 0 aliphatic heterocycles. The molecule has 1 aromatic carbocycles. The molecular formula is C16H16Cl2N2O5. The molecule has 2 rings (SSSR count). The quantitative estimate of drug-likeness (QED) is 0.638. The summed E-state index contributed by atoms with van der Waals surface area (Å²) in [5.41, 5.74) is 0.113. The lowest BCUT2D eigenvalue weighted by atomic mass is 10.2. The van der Waals surface area contributed by atoms with Crippen LogP contribution >= 0.6 is 23.2 Å². The molecule has 2 N–H and O–H groups in total. The smallest absolute Gasteiger partial charge is 0.303 e. The molecule has 7 nitrogen and oxygen atoms in total. The zero-order valence-electron chi connectivity index (χ0n) is 13.1. The third-order valence-electron chi connectivity index (χ3n) is 3.17. The second-order valence-electron chi connectivity index (χ2n) is 5.12. The fraction of sp³-hybridized carbons (Fsp3) is 0.312. The Hall–Kier alpha value is -2.25. The van der Waals surface area contributed by atoms with Gasteiger partial charge in [0.15, 0.2) is 17.2 Å². The molecule has 0 saturated carbocycles. The summed E-state index contributed by atoms with van der Waals surface area (Å²) in [5.74, 6) is -0.592. The van der Waals surface area contributed by atoms with Crippen LogP contribution < -0.4 is 10.1 Å². The third kappa shape index (κ3) is 5.95. The molecule has 0 radical (unpaired) electrons. The number of aliphatic carboxylic acids is 1. The van der Waals surface area contributed by atoms with E-state index < -0.39 is 11.9 Å². The van der Waals surface area contributed by atoms with Gasteiger partial charge in [0.25, 0.3) is 5.91 Å². The Labute approximate surface area is 153 Å². The van der Waals surface area contributed by atoms with Crippen molar-refractivity contribution >= 4 is 35.1 Å². The fourth-order valence-electron chi connectivity index (χ4n) is 1.95. The van der Waals surface area contributed by atoms with Gasteiger partial charge in [-0.15, -0.1) is 0 Å². The predicted octanol–water partition coefficient (Wildman–Crippen LogP) is 3.55. The summed E-state index contributed by atoms with van der Waals surface area (Å²) >= 11 is 12.0. The zero-order chi connectivity index (χ0) is 18.2. The number of ether oxygens (including phenoxy) is 1. The Kier molecular flexibility index (Phi) is 7.09. The van der Waals surface area contributed by atoms with E-state index >= 15 is 0 Å². The molecular weight excluding hydrogens is 371 g/mol. The number of rotatable bonds is 9. The highest BCUT2D eigenvalue weighted by atomic mass is 35.5. The van der Waals surface area contributed by atoms with Crippen LogP contribution in [0.25, 0.3) is 0 Å². The number of nitrogens with one attached hydrogen (secondary N) is 1. The van der Waals surface area contributed by atoms with Crippen LogP contribution in [0.4, 0.5) is 0 Å². The van der Waals surface area contributed by atoms with Gasteiger partial charge in [-0.3, -0.25) is 9.59 Å². The van der Waals surface area contributed by atoms with Crippen molar-refractivity contribution in [3.63, 3.8) is 0 Å². The molecule has 0 aliphatic carbocycles. The number of hydrogen-bond acceptors (Lipinski definition) is 5. The lowest BCUT2D eigenvalue weighted by Crippen LogP contribution is -2.24. The zero-order valence-corrected chi connectivity index (χ0v) is 14.6. The van der Waals surface area contributed by atoms with Gasteiger partial charge >= 0.3 is 5.97 Å². The van der Waals surface area contributed by atoms with Crippen molar-refractivity contribution in [3.8, 4) is 5.75 Å². The van der Waals surface area contributed by atoms with Crippen molar-refractivity contribution in [2.24, 2.45) is 0 Å². The number of carboxylic acid groups (broad SMARTS) is 1. The summed E-state index contributed by atoms with van der Waals surface area (Å²) in [4.78, 5) is 22.3. The Morgan fingerprint density at radius 2 is 1.96 bits per heavy atom. The maximum atomic E-state index is 11.9. The number of aromatic nitrogens is 1. The number of carbonyl (C=O) groups excluding carboxylic acids is 1. The first-order chi connectivity index (χ1) is 12.0. The van der Waals surface area contributed by atoms with Gasteiger partial charge < -0.3 is 19.7 Å². The predicted molar refractivity (Wildman–Crippen MR) is 91.1 cm³/mol. The van der Waals surface area contributed by atoms with Crippen molar-refractivity contribution < 1.29 is 24.0 Å². The molecule has 1 heterocycles. The van der Waals surface area contributed by atoms with Gasteiger partial charge in [-0.2, -0.15) is 0 Å². The van der Waals surface area contributed by atoms with Crippen LogP contribution in [-0.2, 0) is 11.4 Å². The average Bonchev–Trinajstić information content (AvgIpc) is 3.02. The van der Waals surface area contributed by atoms with Crippen molar-refractivity contribution in [1.29, 1.82) is 0 Å². The van der Waals surface area contributed by atoms with E-state index in [0.29, 0.717) is 40.9 Å². The molecule has 0 saturated heterocycles. The second-order valence-corrected chi connectivity index (χ2v) is 5.94. The number of para-hydroxylation sites is 1. The van der Waals surface area contributed by atoms with Gasteiger partial charge in [0.05, 0.1) is 10.0 Å². The van der Waals surface area contributed by atoms with Crippen molar-refractivity contribution in [3.05, 3.63) is 45.8 Å². The first kappa shape index (κ1) is 19.1. The Morgan fingerprint density at radius 3 is 2.64 bits per heavy atom. The Morgan fingerprint density at radius 1 is 1.24 bits per heavy atom. The van der Waals surface area contributed by atoms with Crippen LogP contribution in [0.15, 0.2) is 28.8 Å². The highest BCUT2D eigenvalue weighted by Gasteiger charge is 2.14. The summed E-state index contributed by atoms with van der Waals surface area (Å²) in [7, 11) is 0. The summed E-state index contributed by atoms with van der Waals surface area (Å²) in [6.45, 7) is 0.377. The maximum Gasteiger partial charge on any atom is 0.303 e. The van der Waals surface area contributed by atoms with Gasteiger partial charge in [-0.05, 0) is 25.0 Å². The van der Waals surface area contributed by atoms with Gasteiger partial charge in [0, 0.05) is 19.0 Å². The number of carboxylic acids is 1. The minimum absolute atomic E-state index is 0.0162. The summed E-state index contributed by atoms with van der Waals surface area (Å²) in [5, 5.41) is 15.6. The highest BCUT2D eigenvalue weighted by Crippen LogP contribution is 2.32. The molecule has 0 spiro atoms. The molecule has 2 aromatic rings. The lowest BCUT2D eigenvalue weighted by Gasteiger charge is -2.07. The average molecular weight is 387 g/mol. The Balaban J connectivity index is 1.81. The number of nitrogens with zero attached hydrogens (tertiary/aromatic N) is 1. The van der Waals surface area contributed by atoms with Crippen LogP contribution in [0.5, 0.6) is 5.75 Å². The van der Waals surface area contributed by atoms with Gasteiger partial charge in [0.2, 0.25) is 0 Å². The molecule has 25 heavy (non-hydrogen) atoms. The first-order valence-corrected chi connectivity index (χ1v) is 8.25. The number of hydrogen-bond donors (Lipinski definition) is 2. The minimum atomic E-state index is -0.855. The number of amides is 1. The van der Waals surface area contributed by atoms with E-state index in [1.165, 1.54) is 6.07 Å². The molecule has 0 fully saturated rings. The van der Waals surface area contributed by atoms with Gasteiger partial charge in [0.1, 0.15) is 6.61 Å². The van der Waals surface area contributed by atoms with Crippen molar-refractivity contribution in [2.75, 3.05) is 6.54 Å². The van der Waals surface area contributed by atoms with E-state index in [0.717, 1.165) is 0 Å². The molecule has 9 heteroatoms. The maximum absolute atomic E-state index is 11.9. The number of halogens is 2. The number of carbonyl (C=O) groups is 2. The van der Waals surface area contributed by atoms with Gasteiger partial charge in [-0.1, -0.05) is 34.4 Å². The topological polar surface area (TPSA) is 102 Å². The van der Waals surface area contributed by atoms with E-state index in [4.69, 9.17) is 37.6 Å².